The van der Waals surface area contributed by atoms with Gasteiger partial charge in [-0.25, -0.2) is 8.42 Å². The van der Waals surface area contributed by atoms with E-state index in [0.29, 0.717) is 29.1 Å². The van der Waals surface area contributed by atoms with E-state index in [4.69, 9.17) is 5.10 Å². The van der Waals surface area contributed by atoms with Crippen molar-refractivity contribution in [2.75, 3.05) is 11.4 Å². The Bertz CT molecular complexity index is 1500. The van der Waals surface area contributed by atoms with Crippen molar-refractivity contribution >= 4 is 21.6 Å². The average molecular weight is 501 g/mol. The molecule has 0 radical (unpaired) electrons. The largest absolute Gasteiger partial charge is 0.302 e. The van der Waals surface area contributed by atoms with E-state index in [0.717, 1.165) is 22.5 Å². The number of sulfonamides is 1. The smallest absolute Gasteiger partial charge is 0.258 e. The van der Waals surface area contributed by atoms with Gasteiger partial charge < -0.3 is 4.90 Å². The van der Waals surface area contributed by atoms with Crippen LogP contribution in [0.15, 0.2) is 89.8 Å². The van der Waals surface area contributed by atoms with Crippen LogP contribution in [0.4, 0.5) is 5.69 Å². The Morgan fingerprint density at radius 2 is 1.67 bits per heavy atom. The van der Waals surface area contributed by atoms with E-state index in [1.807, 2.05) is 73.3 Å². The molecule has 1 aliphatic rings. The average Bonchev–Trinajstić information content (AvgIpc) is 3.22. The van der Waals surface area contributed by atoms with Gasteiger partial charge in [0.15, 0.2) is 0 Å². The summed E-state index contributed by atoms with van der Waals surface area (Å²) in [6, 6.07) is 25.6. The van der Waals surface area contributed by atoms with E-state index in [9.17, 15) is 13.2 Å². The summed E-state index contributed by atoms with van der Waals surface area (Å²) in [5, 5.41) is 4.74. The van der Waals surface area contributed by atoms with Gasteiger partial charge >= 0.3 is 0 Å². The molecule has 0 spiro atoms. The molecular formula is C28H28N4O3S. The minimum absolute atomic E-state index is 0.138. The zero-order chi connectivity index (χ0) is 25.3. The summed E-state index contributed by atoms with van der Waals surface area (Å²) in [6.07, 6.45) is 0.557. The van der Waals surface area contributed by atoms with E-state index >= 15 is 0 Å². The van der Waals surface area contributed by atoms with Crippen molar-refractivity contribution in [3.63, 3.8) is 0 Å². The normalized spacial score (nSPS) is 13.8. The van der Waals surface area contributed by atoms with Crippen molar-refractivity contribution in [3.8, 4) is 0 Å². The Labute approximate surface area is 211 Å². The second-order valence-corrected chi connectivity index (χ2v) is 10.9. The second-order valence-electron chi connectivity index (χ2n) is 8.99. The number of para-hydroxylation sites is 1. The van der Waals surface area contributed by atoms with Crippen molar-refractivity contribution in [1.29, 1.82) is 0 Å². The quantitative estimate of drug-likeness (QED) is 0.395. The molecule has 0 N–H and O–H groups in total. The molecule has 0 atom stereocenters. The molecule has 8 heteroatoms. The number of carbonyl (C=O) groups excluding carboxylic acids is 1. The monoisotopic (exact) mass is 500 g/mol. The lowest BCUT2D eigenvalue weighted by molar-refractivity contribution is 0.0984. The first-order valence-corrected chi connectivity index (χ1v) is 13.3. The number of hydrogen-bond donors (Lipinski definition) is 0. The molecule has 1 aromatic heterocycles. The van der Waals surface area contributed by atoms with Crippen LogP contribution in [-0.4, -0.2) is 35.0 Å². The molecule has 3 aromatic carbocycles. The zero-order valence-corrected chi connectivity index (χ0v) is 21.1. The first kappa shape index (κ1) is 24.0. The van der Waals surface area contributed by atoms with E-state index < -0.39 is 10.0 Å². The SMILES string of the molecule is Cc1cccc(S(=O)(=O)N2CCc3c(c(CN(C(=O)c4ccccc4)c4ccccc4)nn3C)C2)c1. The highest BCUT2D eigenvalue weighted by molar-refractivity contribution is 7.89. The maximum absolute atomic E-state index is 13.6. The van der Waals surface area contributed by atoms with Gasteiger partial charge in [0.25, 0.3) is 5.91 Å². The maximum Gasteiger partial charge on any atom is 0.258 e. The van der Waals surface area contributed by atoms with Crippen molar-refractivity contribution in [1.82, 2.24) is 14.1 Å². The number of anilines is 1. The highest BCUT2D eigenvalue weighted by atomic mass is 32.2. The molecule has 5 rings (SSSR count). The molecule has 36 heavy (non-hydrogen) atoms. The van der Waals surface area contributed by atoms with E-state index in [1.165, 1.54) is 4.31 Å². The fourth-order valence-corrected chi connectivity index (χ4v) is 6.19. The Morgan fingerprint density at radius 3 is 2.36 bits per heavy atom. The predicted octanol–water partition coefficient (Wildman–Crippen LogP) is 4.32. The topological polar surface area (TPSA) is 75.5 Å². The van der Waals surface area contributed by atoms with Crippen LogP contribution < -0.4 is 4.90 Å². The number of nitrogens with zero attached hydrogens (tertiary/aromatic N) is 4. The number of hydrogen-bond acceptors (Lipinski definition) is 4. The molecule has 7 nitrogen and oxygen atoms in total. The van der Waals surface area contributed by atoms with Gasteiger partial charge in [-0.2, -0.15) is 9.40 Å². The Hall–Kier alpha value is -3.75. The van der Waals surface area contributed by atoms with Gasteiger partial charge in [0.1, 0.15) is 0 Å². The molecule has 0 saturated carbocycles. The fraction of sp³-hybridized carbons (Fsp3) is 0.214. The molecule has 0 fully saturated rings. The Kier molecular flexibility index (Phi) is 6.47. The lowest BCUT2D eigenvalue weighted by atomic mass is 10.1. The Balaban J connectivity index is 1.50. The number of benzene rings is 3. The highest BCUT2D eigenvalue weighted by Crippen LogP contribution is 2.29. The van der Waals surface area contributed by atoms with E-state index in [1.54, 1.807) is 35.2 Å². The summed E-state index contributed by atoms with van der Waals surface area (Å²) in [6.45, 7) is 2.72. The van der Waals surface area contributed by atoms with Gasteiger partial charge in [0.2, 0.25) is 10.0 Å². The van der Waals surface area contributed by atoms with Crippen molar-refractivity contribution < 1.29 is 13.2 Å². The van der Waals surface area contributed by atoms with Crippen LogP contribution in [0.2, 0.25) is 0 Å². The molecule has 1 amide bonds. The molecule has 4 aromatic rings. The van der Waals surface area contributed by atoms with Gasteiger partial charge in [0, 0.05) is 49.1 Å². The Morgan fingerprint density at radius 1 is 0.972 bits per heavy atom. The molecule has 1 aliphatic heterocycles. The maximum atomic E-state index is 13.6. The van der Waals surface area contributed by atoms with Gasteiger partial charge in [0.05, 0.1) is 17.1 Å². The molecule has 2 heterocycles. The standard InChI is InChI=1S/C28H28N4O3S/c1-21-10-9-15-24(18-21)36(34,35)31-17-16-27-25(19-31)26(29-30(27)2)20-32(23-13-7-4-8-14-23)28(33)22-11-5-3-6-12-22/h3-15,18H,16-17,19-20H2,1-2H3. The molecule has 184 valence electrons. The van der Waals surface area contributed by atoms with Crippen LogP contribution >= 0.6 is 0 Å². The predicted molar refractivity (Wildman–Crippen MR) is 139 cm³/mol. The number of fused-ring (bicyclic) bond motifs is 1. The lowest BCUT2D eigenvalue weighted by Crippen LogP contribution is -2.37. The van der Waals surface area contributed by atoms with Crippen molar-refractivity contribution in [2.45, 2.75) is 31.3 Å². The highest BCUT2D eigenvalue weighted by Gasteiger charge is 2.33. The van der Waals surface area contributed by atoms with Gasteiger partial charge in [-0.1, -0.05) is 48.5 Å². The number of carbonyl (C=O) groups is 1. The molecular weight excluding hydrogens is 472 g/mol. The van der Waals surface area contributed by atoms with Crippen LogP contribution in [0, 0.1) is 6.92 Å². The van der Waals surface area contributed by atoms with E-state index in [-0.39, 0.29) is 19.0 Å². The fourth-order valence-electron chi connectivity index (χ4n) is 4.68. The van der Waals surface area contributed by atoms with Crippen molar-refractivity contribution in [2.24, 2.45) is 7.05 Å². The van der Waals surface area contributed by atoms with Crippen LogP contribution in [0.25, 0.3) is 0 Å². The summed E-state index contributed by atoms with van der Waals surface area (Å²) < 4.78 is 30.2. The molecule has 0 unspecified atom stereocenters. The minimum Gasteiger partial charge on any atom is -0.302 e. The minimum atomic E-state index is -3.66. The van der Waals surface area contributed by atoms with Gasteiger partial charge in [-0.3, -0.25) is 9.48 Å². The third-order valence-corrected chi connectivity index (χ3v) is 8.40. The van der Waals surface area contributed by atoms with Gasteiger partial charge in [-0.05, 0) is 48.9 Å². The summed E-state index contributed by atoms with van der Waals surface area (Å²) in [7, 11) is -1.79. The zero-order valence-electron chi connectivity index (χ0n) is 20.3. The van der Waals surface area contributed by atoms with Crippen LogP contribution in [-0.2, 0) is 36.6 Å². The third kappa shape index (κ3) is 4.57. The first-order chi connectivity index (χ1) is 17.3. The first-order valence-electron chi connectivity index (χ1n) is 11.9. The summed E-state index contributed by atoms with van der Waals surface area (Å²) in [5.41, 5.74) is 4.79. The summed E-state index contributed by atoms with van der Waals surface area (Å²) in [5.74, 6) is -0.138. The molecule has 0 bridgehead atoms. The van der Waals surface area contributed by atoms with E-state index in [2.05, 4.69) is 0 Å². The van der Waals surface area contributed by atoms with Gasteiger partial charge in [-0.15, -0.1) is 0 Å². The lowest BCUT2D eigenvalue weighted by Gasteiger charge is -2.28. The summed E-state index contributed by atoms with van der Waals surface area (Å²) in [4.78, 5) is 15.5. The summed E-state index contributed by atoms with van der Waals surface area (Å²) >= 11 is 0. The number of aromatic nitrogens is 2. The molecule has 0 aliphatic carbocycles. The molecule has 0 saturated heterocycles. The van der Waals surface area contributed by atoms with Crippen LogP contribution in [0.5, 0.6) is 0 Å². The number of aryl methyl sites for hydroxylation is 2. The van der Waals surface area contributed by atoms with Crippen LogP contribution in [0.3, 0.4) is 0 Å². The van der Waals surface area contributed by atoms with Crippen molar-refractivity contribution in [3.05, 3.63) is 113 Å². The number of rotatable bonds is 6. The number of amides is 1. The van der Waals surface area contributed by atoms with Crippen LogP contribution in [0.1, 0.15) is 32.9 Å². The third-order valence-electron chi connectivity index (χ3n) is 6.56. The second kappa shape index (κ2) is 9.72.